The van der Waals surface area contributed by atoms with Crippen LogP contribution in [0.5, 0.6) is 0 Å². The Morgan fingerprint density at radius 2 is 2.27 bits per heavy atom. The van der Waals surface area contributed by atoms with Crippen molar-refractivity contribution < 1.29 is 0 Å². The second kappa shape index (κ2) is 3.23. The third kappa shape index (κ3) is 1.39. The zero-order valence-corrected chi connectivity index (χ0v) is 8.60. The summed E-state index contributed by atoms with van der Waals surface area (Å²) in [6.45, 7) is 1.82. The molecular formula is C9H12N6. The molecule has 0 aliphatic carbocycles. The molecule has 0 saturated heterocycles. The highest BCUT2D eigenvalue weighted by Gasteiger charge is 2.17. The summed E-state index contributed by atoms with van der Waals surface area (Å²) >= 11 is 0. The van der Waals surface area contributed by atoms with Crippen LogP contribution >= 0.6 is 0 Å². The SMILES string of the molecule is Cc1nn(C)c(-n2cccn2)c1C(=N)N. The molecule has 6 nitrogen and oxygen atoms in total. The van der Waals surface area contributed by atoms with Crippen LogP contribution in [-0.2, 0) is 7.05 Å². The second-order valence-electron chi connectivity index (χ2n) is 3.27. The first-order chi connectivity index (χ1) is 7.11. The normalized spacial score (nSPS) is 10.5. The van der Waals surface area contributed by atoms with Gasteiger partial charge in [0.1, 0.15) is 5.84 Å². The van der Waals surface area contributed by atoms with E-state index in [0.717, 1.165) is 5.69 Å². The Balaban J connectivity index is 2.70. The van der Waals surface area contributed by atoms with Crippen molar-refractivity contribution >= 4 is 5.84 Å². The first kappa shape index (κ1) is 9.45. The molecule has 0 fully saturated rings. The van der Waals surface area contributed by atoms with Crippen LogP contribution < -0.4 is 5.73 Å². The van der Waals surface area contributed by atoms with Crippen molar-refractivity contribution in [1.29, 1.82) is 5.41 Å². The maximum atomic E-state index is 7.52. The minimum absolute atomic E-state index is 0.00565. The van der Waals surface area contributed by atoms with Crippen LogP contribution in [0.4, 0.5) is 0 Å². The van der Waals surface area contributed by atoms with Crippen LogP contribution in [0.1, 0.15) is 11.3 Å². The fraction of sp³-hybridized carbons (Fsp3) is 0.222. The van der Waals surface area contributed by atoms with Gasteiger partial charge in [-0.3, -0.25) is 10.1 Å². The highest BCUT2D eigenvalue weighted by Crippen LogP contribution is 2.15. The van der Waals surface area contributed by atoms with Gasteiger partial charge in [0.05, 0.1) is 11.3 Å². The average molecular weight is 204 g/mol. The van der Waals surface area contributed by atoms with Crippen LogP contribution in [0, 0.1) is 12.3 Å². The summed E-state index contributed by atoms with van der Waals surface area (Å²) in [5, 5.41) is 15.8. The lowest BCUT2D eigenvalue weighted by molar-refractivity contribution is 0.693. The molecule has 0 atom stereocenters. The zero-order valence-electron chi connectivity index (χ0n) is 8.60. The molecule has 0 unspecified atom stereocenters. The summed E-state index contributed by atoms with van der Waals surface area (Å²) in [4.78, 5) is 0. The van der Waals surface area contributed by atoms with E-state index in [1.54, 1.807) is 28.8 Å². The third-order valence-electron chi connectivity index (χ3n) is 2.18. The quantitative estimate of drug-likeness (QED) is 0.541. The summed E-state index contributed by atoms with van der Waals surface area (Å²) in [7, 11) is 1.80. The second-order valence-corrected chi connectivity index (χ2v) is 3.27. The Hall–Kier alpha value is -2.11. The Labute approximate surface area is 86.8 Å². The molecule has 2 aromatic rings. The highest BCUT2D eigenvalue weighted by molar-refractivity contribution is 5.99. The van der Waals surface area contributed by atoms with Gasteiger partial charge in [0.2, 0.25) is 0 Å². The number of aryl methyl sites for hydroxylation is 2. The maximum Gasteiger partial charge on any atom is 0.162 e. The van der Waals surface area contributed by atoms with Crippen molar-refractivity contribution in [3.63, 3.8) is 0 Å². The summed E-state index contributed by atoms with van der Waals surface area (Å²) in [5.74, 6) is 0.719. The molecule has 0 spiro atoms. The molecular weight excluding hydrogens is 192 g/mol. The average Bonchev–Trinajstić information content (AvgIpc) is 2.71. The van der Waals surface area contributed by atoms with Gasteiger partial charge in [-0.25, -0.2) is 4.68 Å². The van der Waals surface area contributed by atoms with Gasteiger partial charge in [0.15, 0.2) is 5.82 Å². The van der Waals surface area contributed by atoms with E-state index in [9.17, 15) is 0 Å². The lowest BCUT2D eigenvalue weighted by Crippen LogP contribution is -2.16. The molecule has 0 radical (unpaired) electrons. The van der Waals surface area contributed by atoms with E-state index in [1.807, 2.05) is 13.0 Å². The molecule has 6 heteroatoms. The Bertz CT molecular complexity index is 493. The number of amidine groups is 1. The van der Waals surface area contributed by atoms with E-state index >= 15 is 0 Å². The number of nitrogens with two attached hydrogens (primary N) is 1. The zero-order chi connectivity index (χ0) is 11.0. The van der Waals surface area contributed by atoms with E-state index in [-0.39, 0.29) is 5.84 Å². The van der Waals surface area contributed by atoms with Gasteiger partial charge in [-0.05, 0) is 13.0 Å². The van der Waals surface area contributed by atoms with Gasteiger partial charge in [0, 0.05) is 19.4 Å². The molecule has 2 heterocycles. The highest BCUT2D eigenvalue weighted by atomic mass is 15.4. The number of rotatable bonds is 2. The van der Waals surface area contributed by atoms with Gasteiger partial charge in [-0.2, -0.15) is 10.2 Å². The molecule has 0 bridgehead atoms. The summed E-state index contributed by atoms with van der Waals surface area (Å²) in [5.41, 5.74) is 6.88. The van der Waals surface area contributed by atoms with Crippen LogP contribution in [0.15, 0.2) is 18.5 Å². The number of hydrogen-bond donors (Lipinski definition) is 2. The van der Waals surface area contributed by atoms with E-state index in [0.29, 0.717) is 11.4 Å². The Morgan fingerprint density at radius 1 is 1.53 bits per heavy atom. The van der Waals surface area contributed by atoms with E-state index in [4.69, 9.17) is 11.1 Å². The molecule has 2 aromatic heterocycles. The van der Waals surface area contributed by atoms with Gasteiger partial charge in [0.25, 0.3) is 0 Å². The minimum atomic E-state index is 0.00565. The number of aromatic nitrogens is 4. The Kier molecular flexibility index (Phi) is 2.03. The molecule has 0 aliphatic heterocycles. The molecule has 0 aromatic carbocycles. The third-order valence-corrected chi connectivity index (χ3v) is 2.18. The molecule has 78 valence electrons. The minimum Gasteiger partial charge on any atom is -0.384 e. The van der Waals surface area contributed by atoms with Gasteiger partial charge in [-0.1, -0.05) is 0 Å². The first-order valence-corrected chi connectivity index (χ1v) is 4.49. The van der Waals surface area contributed by atoms with Gasteiger partial charge >= 0.3 is 0 Å². The fourth-order valence-corrected chi connectivity index (χ4v) is 1.62. The monoisotopic (exact) mass is 204 g/mol. The fourth-order valence-electron chi connectivity index (χ4n) is 1.62. The lowest BCUT2D eigenvalue weighted by Gasteiger charge is -2.04. The maximum absolute atomic E-state index is 7.52. The van der Waals surface area contributed by atoms with Crippen LogP contribution in [-0.4, -0.2) is 25.4 Å². The lowest BCUT2D eigenvalue weighted by atomic mass is 10.2. The van der Waals surface area contributed by atoms with Crippen molar-refractivity contribution in [2.45, 2.75) is 6.92 Å². The van der Waals surface area contributed by atoms with Crippen molar-refractivity contribution in [2.75, 3.05) is 0 Å². The smallest absolute Gasteiger partial charge is 0.162 e. The standard InChI is InChI=1S/C9H12N6/c1-6-7(8(10)11)9(14(2)13-6)15-5-3-4-12-15/h3-5H,1-2H3,(H3,10,11). The summed E-state index contributed by atoms with van der Waals surface area (Å²) in [6.07, 6.45) is 3.47. The summed E-state index contributed by atoms with van der Waals surface area (Å²) in [6, 6.07) is 1.81. The molecule has 0 saturated carbocycles. The van der Waals surface area contributed by atoms with Gasteiger partial charge in [-0.15, -0.1) is 0 Å². The molecule has 0 aliphatic rings. The molecule has 0 amide bonds. The summed E-state index contributed by atoms with van der Waals surface area (Å²) < 4.78 is 3.32. The molecule has 3 N–H and O–H groups in total. The topological polar surface area (TPSA) is 85.5 Å². The van der Waals surface area contributed by atoms with Crippen LogP contribution in [0.3, 0.4) is 0 Å². The van der Waals surface area contributed by atoms with Crippen molar-refractivity contribution in [3.05, 3.63) is 29.7 Å². The number of nitrogens with zero attached hydrogens (tertiary/aromatic N) is 4. The van der Waals surface area contributed by atoms with Crippen molar-refractivity contribution in [3.8, 4) is 5.82 Å². The predicted molar refractivity (Wildman–Crippen MR) is 56.1 cm³/mol. The molecule has 2 rings (SSSR count). The van der Waals surface area contributed by atoms with E-state index < -0.39 is 0 Å². The molecule has 15 heavy (non-hydrogen) atoms. The van der Waals surface area contributed by atoms with Crippen LogP contribution in [0.2, 0.25) is 0 Å². The largest absolute Gasteiger partial charge is 0.384 e. The number of nitrogen functional groups attached to an aromatic ring is 1. The van der Waals surface area contributed by atoms with E-state index in [2.05, 4.69) is 10.2 Å². The first-order valence-electron chi connectivity index (χ1n) is 4.49. The number of hydrogen-bond acceptors (Lipinski definition) is 3. The van der Waals surface area contributed by atoms with Crippen molar-refractivity contribution in [1.82, 2.24) is 19.6 Å². The predicted octanol–water partition coefficient (Wildman–Crippen LogP) is 0.198. The van der Waals surface area contributed by atoms with Crippen molar-refractivity contribution in [2.24, 2.45) is 12.8 Å². The number of nitrogens with one attached hydrogen (secondary N) is 1. The Morgan fingerprint density at radius 3 is 2.80 bits per heavy atom. The van der Waals surface area contributed by atoms with E-state index in [1.165, 1.54) is 0 Å². The van der Waals surface area contributed by atoms with Crippen LogP contribution in [0.25, 0.3) is 5.82 Å². The van der Waals surface area contributed by atoms with Gasteiger partial charge < -0.3 is 5.73 Å².